The molecule has 0 bridgehead atoms. The maximum atomic E-state index is 12.6. The van der Waals surface area contributed by atoms with Crippen LogP contribution in [0.2, 0.25) is 0 Å². The van der Waals surface area contributed by atoms with Gasteiger partial charge < -0.3 is 10.2 Å². The molecule has 2 aromatic rings. The van der Waals surface area contributed by atoms with Gasteiger partial charge in [0.25, 0.3) is 0 Å². The average molecular weight is 382 g/mol. The van der Waals surface area contributed by atoms with E-state index in [-0.39, 0.29) is 6.54 Å². The van der Waals surface area contributed by atoms with E-state index in [1.54, 1.807) is 7.05 Å². The van der Waals surface area contributed by atoms with Crippen molar-refractivity contribution in [3.8, 4) is 0 Å². The third kappa shape index (κ3) is 4.75. The first kappa shape index (κ1) is 18.7. The van der Waals surface area contributed by atoms with Gasteiger partial charge in [0.15, 0.2) is 11.7 Å². The zero-order valence-corrected chi connectivity index (χ0v) is 15.3. The van der Waals surface area contributed by atoms with E-state index in [0.717, 1.165) is 42.6 Å². The summed E-state index contributed by atoms with van der Waals surface area (Å²) >= 11 is 1.01. The number of nitrogens with one attached hydrogen (secondary N) is 1. The van der Waals surface area contributed by atoms with Gasteiger partial charge in [-0.25, -0.2) is 4.98 Å². The molecule has 1 N–H and O–H groups in total. The third-order valence-electron chi connectivity index (χ3n) is 4.40. The van der Waals surface area contributed by atoms with Gasteiger partial charge in [-0.3, -0.25) is 4.99 Å². The lowest BCUT2D eigenvalue weighted by atomic mass is 9.99. The third-order valence-corrected chi connectivity index (χ3v) is 5.25. The molecule has 26 heavy (non-hydrogen) atoms. The van der Waals surface area contributed by atoms with E-state index in [1.165, 1.54) is 5.56 Å². The van der Waals surface area contributed by atoms with Gasteiger partial charge in [0, 0.05) is 25.5 Å². The molecule has 2 heterocycles. The Kier molecular flexibility index (Phi) is 5.80. The molecule has 140 valence electrons. The van der Waals surface area contributed by atoms with Crippen LogP contribution in [0.25, 0.3) is 0 Å². The fraction of sp³-hybridized carbons (Fsp3) is 0.444. The Morgan fingerprint density at radius 2 is 2.12 bits per heavy atom. The topological polar surface area (TPSA) is 40.5 Å². The van der Waals surface area contributed by atoms with E-state index >= 15 is 0 Å². The quantitative estimate of drug-likeness (QED) is 0.646. The van der Waals surface area contributed by atoms with Crippen molar-refractivity contribution in [3.63, 3.8) is 0 Å². The number of likely N-dealkylation sites (tertiary alicyclic amines) is 1. The molecule has 0 saturated carbocycles. The summed E-state index contributed by atoms with van der Waals surface area (Å²) in [6.07, 6.45) is -2.29. The molecule has 1 fully saturated rings. The van der Waals surface area contributed by atoms with Crippen molar-refractivity contribution in [2.75, 3.05) is 20.1 Å². The van der Waals surface area contributed by atoms with Gasteiger partial charge in [0.1, 0.15) is 5.01 Å². The lowest BCUT2D eigenvalue weighted by molar-refractivity contribution is -0.140. The summed E-state index contributed by atoms with van der Waals surface area (Å²) in [6, 6.07) is 10.4. The van der Waals surface area contributed by atoms with Crippen LogP contribution in [0, 0.1) is 5.92 Å². The lowest BCUT2D eigenvalue weighted by Crippen LogP contribution is -2.39. The number of alkyl halides is 3. The Morgan fingerprint density at radius 1 is 1.35 bits per heavy atom. The highest BCUT2D eigenvalue weighted by Crippen LogP contribution is 2.30. The van der Waals surface area contributed by atoms with Crippen molar-refractivity contribution in [1.29, 1.82) is 0 Å². The SMILES string of the molecule is CN=C(NCc1nc(C(F)(F)F)cs1)N1CCC(Cc2ccccc2)C1. The number of hydrogen-bond acceptors (Lipinski definition) is 3. The van der Waals surface area contributed by atoms with E-state index in [4.69, 9.17) is 0 Å². The van der Waals surface area contributed by atoms with E-state index in [0.29, 0.717) is 16.9 Å². The van der Waals surface area contributed by atoms with Crippen LogP contribution in [-0.2, 0) is 19.1 Å². The van der Waals surface area contributed by atoms with Gasteiger partial charge in [0.05, 0.1) is 6.54 Å². The second-order valence-electron chi connectivity index (χ2n) is 6.32. The highest BCUT2D eigenvalue weighted by Gasteiger charge is 2.33. The fourth-order valence-corrected chi connectivity index (χ4v) is 3.89. The van der Waals surface area contributed by atoms with Gasteiger partial charge in [-0.15, -0.1) is 11.3 Å². The second kappa shape index (κ2) is 8.07. The second-order valence-corrected chi connectivity index (χ2v) is 7.26. The number of thiazole rings is 1. The van der Waals surface area contributed by atoms with Gasteiger partial charge >= 0.3 is 6.18 Å². The zero-order valence-electron chi connectivity index (χ0n) is 14.5. The molecule has 1 atom stereocenters. The van der Waals surface area contributed by atoms with Gasteiger partial charge in [-0.05, 0) is 24.3 Å². The molecule has 1 aromatic heterocycles. The van der Waals surface area contributed by atoms with Crippen LogP contribution in [0.15, 0.2) is 40.7 Å². The summed E-state index contributed by atoms with van der Waals surface area (Å²) in [6.45, 7) is 2.02. The van der Waals surface area contributed by atoms with Crippen LogP contribution < -0.4 is 5.32 Å². The number of benzene rings is 1. The Bertz CT molecular complexity index is 742. The molecule has 1 unspecified atom stereocenters. The largest absolute Gasteiger partial charge is 0.434 e. The molecule has 3 rings (SSSR count). The molecule has 1 aliphatic heterocycles. The number of guanidine groups is 1. The van der Waals surface area contributed by atoms with Crippen molar-refractivity contribution in [3.05, 3.63) is 52.0 Å². The maximum absolute atomic E-state index is 12.6. The minimum Gasteiger partial charge on any atom is -0.350 e. The highest BCUT2D eigenvalue weighted by atomic mass is 32.1. The summed E-state index contributed by atoms with van der Waals surface area (Å²) in [5, 5.41) is 4.58. The molecule has 4 nitrogen and oxygen atoms in total. The molecular formula is C18H21F3N4S. The fourth-order valence-electron chi connectivity index (χ4n) is 3.15. The van der Waals surface area contributed by atoms with Crippen molar-refractivity contribution >= 4 is 17.3 Å². The Hall–Kier alpha value is -2.09. The monoisotopic (exact) mass is 382 g/mol. The van der Waals surface area contributed by atoms with Crippen molar-refractivity contribution in [2.24, 2.45) is 10.9 Å². The van der Waals surface area contributed by atoms with Crippen LogP contribution in [-0.4, -0.2) is 36.0 Å². The Balaban J connectivity index is 1.52. The molecule has 1 aromatic carbocycles. The number of rotatable bonds is 4. The number of halogens is 3. The first-order valence-electron chi connectivity index (χ1n) is 8.47. The molecular weight excluding hydrogens is 361 g/mol. The van der Waals surface area contributed by atoms with E-state index in [9.17, 15) is 13.2 Å². The first-order valence-corrected chi connectivity index (χ1v) is 9.35. The van der Waals surface area contributed by atoms with Crippen LogP contribution in [0.3, 0.4) is 0 Å². The van der Waals surface area contributed by atoms with E-state index in [2.05, 4.69) is 32.3 Å². The Morgan fingerprint density at radius 3 is 2.77 bits per heavy atom. The Labute approximate surface area is 154 Å². The molecule has 0 amide bonds. The van der Waals surface area contributed by atoms with E-state index in [1.807, 2.05) is 18.2 Å². The maximum Gasteiger partial charge on any atom is 0.434 e. The predicted octanol–water partition coefficient (Wildman–Crippen LogP) is 3.80. The molecule has 8 heteroatoms. The van der Waals surface area contributed by atoms with Gasteiger partial charge in [-0.2, -0.15) is 13.2 Å². The predicted molar refractivity (Wildman–Crippen MR) is 97.1 cm³/mol. The van der Waals surface area contributed by atoms with Crippen molar-refractivity contribution in [1.82, 2.24) is 15.2 Å². The van der Waals surface area contributed by atoms with Crippen molar-refractivity contribution in [2.45, 2.75) is 25.6 Å². The minimum atomic E-state index is -4.39. The molecule has 1 aliphatic rings. The van der Waals surface area contributed by atoms with Gasteiger partial charge in [-0.1, -0.05) is 30.3 Å². The first-order chi connectivity index (χ1) is 12.5. The summed E-state index contributed by atoms with van der Waals surface area (Å²) in [7, 11) is 1.69. The summed E-state index contributed by atoms with van der Waals surface area (Å²) in [5.41, 5.74) is 0.489. The van der Waals surface area contributed by atoms with Crippen LogP contribution >= 0.6 is 11.3 Å². The van der Waals surface area contributed by atoms with Crippen molar-refractivity contribution < 1.29 is 13.2 Å². The number of hydrogen-bond donors (Lipinski definition) is 1. The normalized spacial score (nSPS) is 18.4. The summed E-state index contributed by atoms with van der Waals surface area (Å²) in [5.74, 6) is 1.26. The van der Waals surface area contributed by atoms with E-state index < -0.39 is 11.9 Å². The standard InChI is InChI=1S/C18H21F3N4S/c1-22-17(23-10-16-24-15(12-26-16)18(19,20)21)25-8-7-14(11-25)9-13-5-3-2-4-6-13/h2-6,12,14H,7-11H2,1H3,(H,22,23). The van der Waals surface area contributed by atoms with Crippen LogP contribution in [0.5, 0.6) is 0 Å². The molecule has 0 spiro atoms. The lowest BCUT2D eigenvalue weighted by Gasteiger charge is -2.21. The van der Waals surface area contributed by atoms with Crippen LogP contribution in [0.4, 0.5) is 13.2 Å². The number of aliphatic imine (C=N–C) groups is 1. The average Bonchev–Trinajstić information content (AvgIpc) is 3.26. The minimum absolute atomic E-state index is 0.243. The molecule has 0 radical (unpaired) electrons. The number of nitrogens with zero attached hydrogens (tertiary/aromatic N) is 3. The van der Waals surface area contributed by atoms with Gasteiger partial charge in [0.2, 0.25) is 0 Å². The molecule has 0 aliphatic carbocycles. The van der Waals surface area contributed by atoms with Crippen LogP contribution in [0.1, 0.15) is 22.7 Å². The summed E-state index contributed by atoms with van der Waals surface area (Å²) in [4.78, 5) is 10.1. The summed E-state index contributed by atoms with van der Waals surface area (Å²) < 4.78 is 37.9. The number of aromatic nitrogens is 1. The zero-order chi connectivity index (χ0) is 18.6. The molecule has 1 saturated heterocycles. The smallest absolute Gasteiger partial charge is 0.350 e. The highest BCUT2D eigenvalue weighted by molar-refractivity contribution is 7.09.